The summed E-state index contributed by atoms with van der Waals surface area (Å²) >= 11 is 0. The Morgan fingerprint density at radius 3 is 2.67 bits per heavy atom. The Labute approximate surface area is 54.3 Å². The zero-order valence-electron chi connectivity index (χ0n) is 5.50. The van der Waals surface area contributed by atoms with E-state index in [1.54, 1.807) is 4.90 Å². The Kier molecular flexibility index (Phi) is 1.71. The van der Waals surface area contributed by atoms with Crippen LogP contribution in [-0.2, 0) is 4.79 Å². The van der Waals surface area contributed by atoms with E-state index in [1.165, 1.54) is 6.92 Å². The quantitative estimate of drug-likeness (QED) is 0.523. The molecule has 3 heteroatoms. The Balaban J connectivity index is 2.35. The van der Waals surface area contributed by atoms with Crippen LogP contribution < -0.4 is 0 Å². The van der Waals surface area contributed by atoms with Crippen molar-refractivity contribution in [3.05, 3.63) is 0 Å². The molecule has 0 saturated carbocycles. The molecule has 1 heterocycles. The molecule has 1 unspecified atom stereocenters. The van der Waals surface area contributed by atoms with Gasteiger partial charge in [0.2, 0.25) is 5.91 Å². The fraction of sp³-hybridized carbons (Fsp3) is 0.833. The van der Waals surface area contributed by atoms with Gasteiger partial charge in [0.25, 0.3) is 0 Å². The average Bonchev–Trinajstić information content (AvgIpc) is 1.61. The number of carbonyl (C=O) groups is 1. The van der Waals surface area contributed by atoms with Crippen molar-refractivity contribution in [3.8, 4) is 0 Å². The van der Waals surface area contributed by atoms with Gasteiger partial charge in [0.05, 0.1) is 12.6 Å². The first kappa shape index (κ1) is 6.55. The van der Waals surface area contributed by atoms with E-state index >= 15 is 0 Å². The highest BCUT2D eigenvalue weighted by molar-refractivity contribution is 5.74. The van der Waals surface area contributed by atoms with Gasteiger partial charge < -0.3 is 10.0 Å². The predicted octanol–water partition coefficient (Wildman–Crippen LogP) is -0.401. The van der Waals surface area contributed by atoms with Crippen molar-refractivity contribution in [1.82, 2.24) is 4.90 Å². The minimum Gasteiger partial charge on any atom is -0.394 e. The van der Waals surface area contributed by atoms with Gasteiger partial charge in [0.1, 0.15) is 0 Å². The van der Waals surface area contributed by atoms with Crippen molar-refractivity contribution in [2.45, 2.75) is 19.4 Å². The lowest BCUT2D eigenvalue weighted by atomic mass is 10.0. The highest BCUT2D eigenvalue weighted by Crippen LogP contribution is 2.15. The van der Waals surface area contributed by atoms with Crippen LogP contribution >= 0.6 is 0 Å². The molecular formula is C6H11NO2. The van der Waals surface area contributed by atoms with Gasteiger partial charge in [-0.1, -0.05) is 0 Å². The Morgan fingerprint density at radius 2 is 2.56 bits per heavy atom. The van der Waals surface area contributed by atoms with Gasteiger partial charge in [0.15, 0.2) is 0 Å². The molecule has 1 aliphatic rings. The summed E-state index contributed by atoms with van der Waals surface area (Å²) in [6.07, 6.45) is 0.954. The molecule has 1 fully saturated rings. The molecule has 1 aliphatic heterocycles. The monoisotopic (exact) mass is 129 g/mol. The van der Waals surface area contributed by atoms with Crippen LogP contribution in [0.3, 0.4) is 0 Å². The molecule has 0 radical (unpaired) electrons. The molecule has 52 valence electrons. The van der Waals surface area contributed by atoms with Crippen molar-refractivity contribution < 1.29 is 9.90 Å². The van der Waals surface area contributed by atoms with Crippen LogP contribution in [0, 0.1) is 0 Å². The lowest BCUT2D eigenvalue weighted by molar-refractivity contribution is -0.137. The molecule has 1 N–H and O–H groups in total. The minimum atomic E-state index is 0.0697. The molecule has 0 aromatic heterocycles. The second-order valence-corrected chi connectivity index (χ2v) is 2.34. The fourth-order valence-electron chi connectivity index (χ4n) is 1.05. The summed E-state index contributed by atoms with van der Waals surface area (Å²) in [5, 5.41) is 8.61. The molecule has 1 saturated heterocycles. The van der Waals surface area contributed by atoms with Crippen LogP contribution in [0.25, 0.3) is 0 Å². The number of carbonyl (C=O) groups excluding carboxylic acids is 1. The van der Waals surface area contributed by atoms with Gasteiger partial charge in [-0.25, -0.2) is 0 Å². The molecule has 1 rings (SSSR count). The van der Waals surface area contributed by atoms with Crippen LogP contribution in [0.4, 0.5) is 0 Å². The second kappa shape index (κ2) is 2.35. The second-order valence-electron chi connectivity index (χ2n) is 2.34. The SMILES string of the molecule is CC(=O)N1CCC1CO. The van der Waals surface area contributed by atoms with E-state index < -0.39 is 0 Å². The average molecular weight is 129 g/mol. The van der Waals surface area contributed by atoms with Gasteiger partial charge in [-0.15, -0.1) is 0 Å². The summed E-state index contributed by atoms with van der Waals surface area (Å²) in [7, 11) is 0. The molecule has 0 spiro atoms. The first-order valence-corrected chi connectivity index (χ1v) is 3.13. The normalized spacial score (nSPS) is 25.6. The van der Waals surface area contributed by atoms with Crippen molar-refractivity contribution in [3.63, 3.8) is 0 Å². The topological polar surface area (TPSA) is 40.5 Å². The standard InChI is InChI=1S/C6H11NO2/c1-5(9)7-3-2-6(7)4-8/h6,8H,2-4H2,1H3. The number of likely N-dealkylation sites (tertiary alicyclic amines) is 1. The van der Waals surface area contributed by atoms with Gasteiger partial charge in [-0.3, -0.25) is 4.79 Å². The van der Waals surface area contributed by atoms with Gasteiger partial charge in [0, 0.05) is 13.5 Å². The van der Waals surface area contributed by atoms with Crippen LogP contribution in [0.1, 0.15) is 13.3 Å². The number of amides is 1. The predicted molar refractivity (Wildman–Crippen MR) is 32.9 cm³/mol. The zero-order chi connectivity index (χ0) is 6.85. The maximum Gasteiger partial charge on any atom is 0.219 e. The highest BCUT2D eigenvalue weighted by Gasteiger charge is 2.28. The first-order chi connectivity index (χ1) is 4.25. The van der Waals surface area contributed by atoms with E-state index in [-0.39, 0.29) is 18.6 Å². The molecular weight excluding hydrogens is 118 g/mol. The maximum atomic E-state index is 10.6. The lowest BCUT2D eigenvalue weighted by Gasteiger charge is -2.39. The van der Waals surface area contributed by atoms with Crippen molar-refractivity contribution in [2.75, 3.05) is 13.2 Å². The number of hydrogen-bond acceptors (Lipinski definition) is 2. The van der Waals surface area contributed by atoms with E-state index in [9.17, 15) is 4.79 Å². The van der Waals surface area contributed by atoms with E-state index in [1.807, 2.05) is 0 Å². The third kappa shape index (κ3) is 1.05. The van der Waals surface area contributed by atoms with Crippen LogP contribution in [0.5, 0.6) is 0 Å². The number of nitrogens with zero attached hydrogens (tertiary/aromatic N) is 1. The zero-order valence-corrected chi connectivity index (χ0v) is 5.50. The van der Waals surface area contributed by atoms with Gasteiger partial charge >= 0.3 is 0 Å². The molecule has 1 atom stereocenters. The van der Waals surface area contributed by atoms with Gasteiger partial charge in [-0.05, 0) is 6.42 Å². The Morgan fingerprint density at radius 1 is 1.89 bits per heavy atom. The van der Waals surface area contributed by atoms with Crippen molar-refractivity contribution >= 4 is 5.91 Å². The largest absolute Gasteiger partial charge is 0.394 e. The molecule has 3 nitrogen and oxygen atoms in total. The van der Waals surface area contributed by atoms with Crippen molar-refractivity contribution in [2.24, 2.45) is 0 Å². The molecule has 0 aromatic rings. The molecule has 1 amide bonds. The number of aliphatic hydroxyl groups excluding tert-OH is 1. The van der Waals surface area contributed by atoms with Crippen molar-refractivity contribution in [1.29, 1.82) is 0 Å². The lowest BCUT2D eigenvalue weighted by Crippen LogP contribution is -2.51. The summed E-state index contributed by atoms with van der Waals surface area (Å²) in [6.45, 7) is 2.46. The minimum absolute atomic E-state index is 0.0697. The number of rotatable bonds is 1. The van der Waals surface area contributed by atoms with E-state index in [2.05, 4.69) is 0 Å². The highest BCUT2D eigenvalue weighted by atomic mass is 16.3. The molecule has 0 aliphatic carbocycles. The van der Waals surface area contributed by atoms with E-state index in [0.29, 0.717) is 0 Å². The molecule has 0 bridgehead atoms. The molecule has 0 aromatic carbocycles. The summed E-state index contributed by atoms with van der Waals surface area (Å²) in [6, 6.07) is 0.113. The smallest absolute Gasteiger partial charge is 0.219 e. The van der Waals surface area contributed by atoms with Gasteiger partial charge in [-0.2, -0.15) is 0 Å². The Hall–Kier alpha value is -0.570. The third-order valence-corrected chi connectivity index (χ3v) is 1.76. The maximum absolute atomic E-state index is 10.6. The van der Waals surface area contributed by atoms with Crippen LogP contribution in [-0.4, -0.2) is 35.1 Å². The fourth-order valence-corrected chi connectivity index (χ4v) is 1.05. The number of hydrogen-bond donors (Lipinski definition) is 1. The van der Waals surface area contributed by atoms with Crippen LogP contribution in [0.2, 0.25) is 0 Å². The summed E-state index contributed by atoms with van der Waals surface area (Å²) in [5.74, 6) is 0.0697. The summed E-state index contributed by atoms with van der Waals surface area (Å²) in [5.41, 5.74) is 0. The van der Waals surface area contributed by atoms with E-state index in [4.69, 9.17) is 5.11 Å². The third-order valence-electron chi connectivity index (χ3n) is 1.76. The van der Waals surface area contributed by atoms with Crippen LogP contribution in [0.15, 0.2) is 0 Å². The first-order valence-electron chi connectivity index (χ1n) is 3.13. The van der Waals surface area contributed by atoms with E-state index in [0.717, 1.165) is 13.0 Å². The molecule has 9 heavy (non-hydrogen) atoms. The Bertz CT molecular complexity index is 122. The summed E-state index contributed by atoms with van der Waals surface area (Å²) in [4.78, 5) is 12.3. The number of aliphatic hydroxyl groups is 1. The summed E-state index contributed by atoms with van der Waals surface area (Å²) < 4.78 is 0.